The molecule has 1 aromatic carbocycles. The fourth-order valence-electron chi connectivity index (χ4n) is 4.54. The van der Waals surface area contributed by atoms with Gasteiger partial charge in [0.25, 0.3) is 0 Å². The van der Waals surface area contributed by atoms with Crippen LogP contribution in [0.3, 0.4) is 0 Å². The number of rotatable bonds is 6. The van der Waals surface area contributed by atoms with Gasteiger partial charge in [0.15, 0.2) is 0 Å². The second-order valence-electron chi connectivity index (χ2n) is 8.38. The normalized spacial score (nSPS) is 33.5. The summed E-state index contributed by atoms with van der Waals surface area (Å²) in [5.74, 6) is 1.19. The first-order valence-corrected chi connectivity index (χ1v) is 10.2. The fraction of sp³-hybridized carbons (Fsp3) is 0.700. The SMILES string of the molecule is CCC(C)c1ccc(S(=O)OOC2CC3CCC2(C)C3(C)C)cc1. The molecule has 0 aliphatic heterocycles. The Kier molecular flexibility index (Phi) is 4.93. The summed E-state index contributed by atoms with van der Waals surface area (Å²) in [5.41, 5.74) is 1.64. The average Bonchev–Trinajstić information content (AvgIpc) is 2.92. The van der Waals surface area contributed by atoms with Crippen LogP contribution in [0.15, 0.2) is 29.2 Å². The van der Waals surface area contributed by atoms with Crippen molar-refractivity contribution in [2.24, 2.45) is 16.7 Å². The Balaban J connectivity index is 1.61. The first kappa shape index (κ1) is 18.1. The number of fused-ring (bicyclic) bond motifs is 2. The van der Waals surface area contributed by atoms with E-state index in [0.717, 1.165) is 19.3 Å². The summed E-state index contributed by atoms with van der Waals surface area (Å²) in [5, 5.41) is 0. The van der Waals surface area contributed by atoms with E-state index in [9.17, 15) is 4.21 Å². The lowest BCUT2D eigenvalue weighted by molar-refractivity contribution is -0.266. The van der Waals surface area contributed by atoms with Crippen LogP contribution in [-0.4, -0.2) is 10.3 Å². The zero-order valence-electron chi connectivity index (χ0n) is 15.5. The summed E-state index contributed by atoms with van der Waals surface area (Å²) in [6.45, 7) is 11.3. The van der Waals surface area contributed by atoms with Gasteiger partial charge in [-0.1, -0.05) is 46.8 Å². The highest BCUT2D eigenvalue weighted by Crippen LogP contribution is 2.66. The molecule has 0 radical (unpaired) electrons. The molecule has 4 heteroatoms. The predicted octanol–water partition coefficient (Wildman–Crippen LogP) is 5.39. The van der Waals surface area contributed by atoms with Crippen molar-refractivity contribution < 1.29 is 13.4 Å². The third-order valence-electron chi connectivity index (χ3n) is 7.19. The smallest absolute Gasteiger partial charge is 0.220 e. The van der Waals surface area contributed by atoms with Crippen LogP contribution in [0.5, 0.6) is 0 Å². The zero-order chi connectivity index (χ0) is 17.5. The van der Waals surface area contributed by atoms with Crippen LogP contribution < -0.4 is 0 Å². The van der Waals surface area contributed by atoms with Gasteiger partial charge in [0.1, 0.15) is 6.10 Å². The highest BCUT2D eigenvalue weighted by molar-refractivity contribution is 7.80. The zero-order valence-corrected chi connectivity index (χ0v) is 16.3. The van der Waals surface area contributed by atoms with Crippen molar-refractivity contribution in [3.05, 3.63) is 29.8 Å². The quantitative estimate of drug-likeness (QED) is 0.510. The van der Waals surface area contributed by atoms with E-state index < -0.39 is 11.1 Å². The van der Waals surface area contributed by atoms with Crippen molar-refractivity contribution in [2.45, 2.75) is 77.2 Å². The summed E-state index contributed by atoms with van der Waals surface area (Å²) in [6, 6.07) is 7.83. The average molecular weight is 351 g/mol. The molecule has 134 valence electrons. The third kappa shape index (κ3) is 2.87. The molecule has 0 heterocycles. The highest BCUT2D eigenvalue weighted by atomic mass is 32.2. The highest BCUT2D eigenvalue weighted by Gasteiger charge is 2.62. The number of benzene rings is 1. The number of hydrogen-bond acceptors (Lipinski definition) is 3. The van der Waals surface area contributed by atoms with Crippen molar-refractivity contribution in [1.82, 2.24) is 0 Å². The maximum Gasteiger partial charge on any atom is 0.220 e. The van der Waals surface area contributed by atoms with E-state index in [2.05, 4.69) is 34.6 Å². The van der Waals surface area contributed by atoms with Gasteiger partial charge in [-0.2, -0.15) is 0 Å². The Hall–Kier alpha value is -0.710. The molecule has 2 aliphatic rings. The first-order valence-electron chi connectivity index (χ1n) is 9.15. The van der Waals surface area contributed by atoms with Crippen LogP contribution in [0.2, 0.25) is 0 Å². The van der Waals surface area contributed by atoms with E-state index in [0.29, 0.717) is 16.7 Å². The van der Waals surface area contributed by atoms with Gasteiger partial charge in [0, 0.05) is 5.41 Å². The van der Waals surface area contributed by atoms with Crippen molar-refractivity contribution in [2.75, 3.05) is 0 Å². The summed E-state index contributed by atoms with van der Waals surface area (Å²) in [6.07, 6.45) is 4.57. The van der Waals surface area contributed by atoms with Crippen molar-refractivity contribution >= 4 is 11.1 Å². The molecular weight excluding hydrogens is 320 g/mol. The van der Waals surface area contributed by atoms with Crippen LogP contribution in [0.1, 0.15) is 71.8 Å². The minimum atomic E-state index is -1.57. The Bertz CT molecular complexity index is 610. The molecular formula is C20H30O3S. The van der Waals surface area contributed by atoms with Crippen LogP contribution in [0.25, 0.3) is 0 Å². The van der Waals surface area contributed by atoms with Crippen molar-refractivity contribution in [3.8, 4) is 0 Å². The predicted molar refractivity (Wildman–Crippen MR) is 96.7 cm³/mol. The molecule has 2 saturated carbocycles. The van der Waals surface area contributed by atoms with E-state index in [4.69, 9.17) is 9.22 Å². The molecule has 24 heavy (non-hydrogen) atoms. The van der Waals surface area contributed by atoms with Gasteiger partial charge in [-0.25, -0.2) is 9.10 Å². The molecule has 0 saturated heterocycles. The van der Waals surface area contributed by atoms with Gasteiger partial charge < -0.3 is 0 Å². The summed E-state index contributed by atoms with van der Waals surface area (Å²) in [7, 11) is 0. The standard InChI is InChI=1S/C20H30O3S/c1-6-14(2)15-7-9-17(10-8-15)24(21)23-22-18-13-16-11-12-20(18,5)19(16,3)4/h7-10,14,16,18H,6,11-13H2,1-5H3. The van der Waals surface area contributed by atoms with Gasteiger partial charge in [0.2, 0.25) is 11.1 Å². The lowest BCUT2D eigenvalue weighted by atomic mass is 9.70. The molecule has 3 nitrogen and oxygen atoms in total. The van der Waals surface area contributed by atoms with Gasteiger partial charge in [0.05, 0.1) is 4.90 Å². The van der Waals surface area contributed by atoms with Crippen LogP contribution >= 0.6 is 0 Å². The maximum atomic E-state index is 12.4. The van der Waals surface area contributed by atoms with E-state index in [-0.39, 0.29) is 16.9 Å². The largest absolute Gasteiger partial charge is 0.221 e. The molecule has 5 unspecified atom stereocenters. The molecule has 3 rings (SSSR count). The Morgan fingerprint density at radius 3 is 2.42 bits per heavy atom. The van der Waals surface area contributed by atoms with Gasteiger partial charge in [-0.05, 0) is 60.6 Å². The first-order chi connectivity index (χ1) is 11.3. The van der Waals surface area contributed by atoms with Crippen molar-refractivity contribution in [1.29, 1.82) is 0 Å². The fourth-order valence-corrected chi connectivity index (χ4v) is 5.14. The minimum absolute atomic E-state index is 0.0367. The Morgan fingerprint density at radius 2 is 1.92 bits per heavy atom. The van der Waals surface area contributed by atoms with E-state index in [1.165, 1.54) is 12.0 Å². The molecule has 0 spiro atoms. The van der Waals surface area contributed by atoms with Gasteiger partial charge >= 0.3 is 0 Å². The summed E-state index contributed by atoms with van der Waals surface area (Å²) >= 11 is -1.57. The van der Waals surface area contributed by atoms with Crippen LogP contribution in [0, 0.1) is 16.7 Å². The summed E-state index contributed by atoms with van der Waals surface area (Å²) in [4.78, 5) is 6.35. The molecule has 0 aromatic heterocycles. The molecule has 5 atom stereocenters. The van der Waals surface area contributed by atoms with E-state index >= 15 is 0 Å². The molecule has 0 N–H and O–H groups in total. The minimum Gasteiger partial charge on any atom is -0.221 e. The molecule has 2 bridgehead atoms. The van der Waals surface area contributed by atoms with E-state index in [1.54, 1.807) is 0 Å². The third-order valence-corrected chi connectivity index (χ3v) is 8.04. The second-order valence-corrected chi connectivity index (χ2v) is 9.45. The molecule has 2 aliphatic carbocycles. The topological polar surface area (TPSA) is 35.5 Å². The lowest BCUT2D eigenvalue weighted by Gasteiger charge is -2.37. The Morgan fingerprint density at radius 1 is 1.25 bits per heavy atom. The number of hydrogen-bond donors (Lipinski definition) is 0. The van der Waals surface area contributed by atoms with Gasteiger partial charge in [-0.3, -0.25) is 0 Å². The summed E-state index contributed by atoms with van der Waals surface area (Å²) < 4.78 is 17.7. The Labute approximate surface area is 148 Å². The molecule has 0 amide bonds. The van der Waals surface area contributed by atoms with E-state index in [1.807, 2.05) is 24.3 Å². The van der Waals surface area contributed by atoms with Crippen molar-refractivity contribution in [3.63, 3.8) is 0 Å². The molecule has 2 fully saturated rings. The lowest BCUT2D eigenvalue weighted by Crippen LogP contribution is -2.37. The maximum absolute atomic E-state index is 12.4. The van der Waals surface area contributed by atoms with Crippen LogP contribution in [-0.2, 0) is 20.3 Å². The monoisotopic (exact) mass is 350 g/mol. The molecule has 1 aromatic rings. The van der Waals surface area contributed by atoms with Gasteiger partial charge in [-0.15, -0.1) is 4.33 Å². The van der Waals surface area contributed by atoms with Crippen LogP contribution in [0.4, 0.5) is 0 Å². The second kappa shape index (κ2) is 6.54.